The van der Waals surface area contributed by atoms with Gasteiger partial charge in [-0.3, -0.25) is 0 Å². The van der Waals surface area contributed by atoms with E-state index in [1.165, 1.54) is 12.8 Å². The fourth-order valence-corrected chi connectivity index (χ4v) is 2.85. The number of morpholine rings is 1. The Morgan fingerprint density at radius 2 is 2.22 bits per heavy atom. The first-order valence-corrected chi connectivity index (χ1v) is 7.76. The van der Waals surface area contributed by atoms with Gasteiger partial charge < -0.3 is 9.64 Å². The van der Waals surface area contributed by atoms with E-state index in [0.717, 1.165) is 30.0 Å². The molecule has 0 radical (unpaired) electrons. The molecule has 0 spiro atoms. The lowest BCUT2D eigenvalue weighted by Crippen LogP contribution is -2.48. The molecule has 2 aliphatic rings. The number of ether oxygens (including phenoxy) is 1. The van der Waals surface area contributed by atoms with Crippen molar-refractivity contribution in [3.63, 3.8) is 0 Å². The van der Waals surface area contributed by atoms with E-state index in [4.69, 9.17) is 4.74 Å². The summed E-state index contributed by atoms with van der Waals surface area (Å²) in [4.78, 5) is 11.3. The maximum atomic E-state index is 6.02. The van der Waals surface area contributed by atoms with Crippen LogP contribution in [0.15, 0.2) is 17.3 Å². The minimum atomic E-state index is 0.269. The third kappa shape index (κ3) is 2.62. The summed E-state index contributed by atoms with van der Waals surface area (Å²) in [6.45, 7) is 3.97. The minimum Gasteiger partial charge on any atom is -0.371 e. The van der Waals surface area contributed by atoms with Gasteiger partial charge in [-0.2, -0.15) is 0 Å². The van der Waals surface area contributed by atoms with Gasteiger partial charge in [-0.05, 0) is 38.0 Å². The van der Waals surface area contributed by atoms with Gasteiger partial charge in [0, 0.05) is 19.3 Å². The monoisotopic (exact) mass is 265 g/mol. The Balaban J connectivity index is 1.76. The van der Waals surface area contributed by atoms with Gasteiger partial charge in [-0.1, -0.05) is 0 Å². The Kier molecular flexibility index (Phi) is 3.43. The number of hydrogen-bond donors (Lipinski definition) is 0. The van der Waals surface area contributed by atoms with Crippen molar-refractivity contribution in [2.45, 2.75) is 37.0 Å². The molecule has 4 nitrogen and oxygen atoms in total. The molecule has 0 bridgehead atoms. The summed E-state index contributed by atoms with van der Waals surface area (Å²) >= 11 is 1.66. The number of aromatic nitrogens is 2. The zero-order valence-electron chi connectivity index (χ0n) is 10.9. The Labute approximate surface area is 112 Å². The van der Waals surface area contributed by atoms with Crippen molar-refractivity contribution in [3.05, 3.63) is 12.3 Å². The summed E-state index contributed by atoms with van der Waals surface area (Å²) in [5, 5.41) is 1.03. The summed E-state index contributed by atoms with van der Waals surface area (Å²) in [5.41, 5.74) is 0. The van der Waals surface area contributed by atoms with E-state index in [9.17, 15) is 0 Å². The lowest BCUT2D eigenvalue weighted by atomic mass is 10.1. The second kappa shape index (κ2) is 5.05. The topological polar surface area (TPSA) is 38.2 Å². The van der Waals surface area contributed by atoms with Crippen LogP contribution in [0, 0.1) is 5.92 Å². The summed E-state index contributed by atoms with van der Waals surface area (Å²) in [6.07, 6.45) is 7.16. The third-order valence-corrected chi connectivity index (χ3v) is 4.19. The number of hydrogen-bond acceptors (Lipinski definition) is 5. The maximum Gasteiger partial charge on any atom is 0.226 e. The van der Waals surface area contributed by atoms with E-state index in [-0.39, 0.29) is 6.10 Å². The zero-order valence-corrected chi connectivity index (χ0v) is 11.7. The van der Waals surface area contributed by atoms with E-state index in [0.29, 0.717) is 6.10 Å². The molecule has 2 atom stereocenters. The number of nitrogens with zero attached hydrogens (tertiary/aromatic N) is 3. The van der Waals surface area contributed by atoms with Gasteiger partial charge in [-0.15, -0.1) is 11.8 Å². The van der Waals surface area contributed by atoms with Crippen molar-refractivity contribution in [1.29, 1.82) is 0 Å². The van der Waals surface area contributed by atoms with Gasteiger partial charge in [0.05, 0.1) is 12.2 Å². The van der Waals surface area contributed by atoms with Crippen molar-refractivity contribution < 1.29 is 4.74 Å². The molecule has 5 heteroatoms. The molecule has 1 aliphatic carbocycles. The quantitative estimate of drug-likeness (QED) is 0.619. The van der Waals surface area contributed by atoms with Crippen molar-refractivity contribution in [2.75, 3.05) is 24.2 Å². The predicted molar refractivity (Wildman–Crippen MR) is 73.1 cm³/mol. The van der Waals surface area contributed by atoms with E-state index in [1.54, 1.807) is 11.8 Å². The highest BCUT2D eigenvalue weighted by Crippen LogP contribution is 2.37. The molecule has 1 saturated heterocycles. The van der Waals surface area contributed by atoms with Crippen LogP contribution < -0.4 is 4.90 Å². The Morgan fingerprint density at radius 3 is 2.94 bits per heavy atom. The molecule has 0 unspecified atom stereocenters. The van der Waals surface area contributed by atoms with E-state index < -0.39 is 0 Å². The molecule has 1 aromatic rings. The van der Waals surface area contributed by atoms with Crippen molar-refractivity contribution in [1.82, 2.24) is 9.97 Å². The lowest BCUT2D eigenvalue weighted by Gasteiger charge is -2.37. The molecule has 0 N–H and O–H groups in total. The van der Waals surface area contributed by atoms with Crippen LogP contribution in [0.4, 0.5) is 5.95 Å². The van der Waals surface area contributed by atoms with Gasteiger partial charge in [-0.25, -0.2) is 9.97 Å². The van der Waals surface area contributed by atoms with E-state index in [1.807, 2.05) is 18.5 Å². The molecule has 3 rings (SSSR count). The summed E-state index contributed by atoms with van der Waals surface area (Å²) in [7, 11) is 0. The largest absolute Gasteiger partial charge is 0.371 e. The first-order valence-electron chi connectivity index (χ1n) is 6.53. The molecule has 0 aromatic carbocycles. The number of rotatable bonds is 3. The molecule has 2 fully saturated rings. The van der Waals surface area contributed by atoms with Crippen LogP contribution in [0.25, 0.3) is 0 Å². The highest BCUT2D eigenvalue weighted by molar-refractivity contribution is 7.98. The first-order chi connectivity index (χ1) is 8.76. The Hall–Kier alpha value is -0.810. The summed E-state index contributed by atoms with van der Waals surface area (Å²) in [5.74, 6) is 1.61. The van der Waals surface area contributed by atoms with Crippen LogP contribution in [0.5, 0.6) is 0 Å². The van der Waals surface area contributed by atoms with E-state index in [2.05, 4.69) is 21.8 Å². The van der Waals surface area contributed by atoms with Gasteiger partial charge in [0.1, 0.15) is 5.03 Å². The molecule has 1 aliphatic heterocycles. The van der Waals surface area contributed by atoms with Crippen LogP contribution in [-0.2, 0) is 4.74 Å². The molecule has 0 amide bonds. The molecule has 1 saturated carbocycles. The van der Waals surface area contributed by atoms with Crippen LogP contribution >= 0.6 is 11.8 Å². The highest BCUT2D eigenvalue weighted by atomic mass is 32.2. The van der Waals surface area contributed by atoms with Crippen LogP contribution in [0.1, 0.15) is 19.8 Å². The first kappa shape index (κ1) is 12.2. The minimum absolute atomic E-state index is 0.269. The van der Waals surface area contributed by atoms with Crippen molar-refractivity contribution in [3.8, 4) is 0 Å². The third-order valence-electron chi connectivity index (χ3n) is 3.54. The fraction of sp³-hybridized carbons (Fsp3) is 0.692. The van der Waals surface area contributed by atoms with Crippen LogP contribution in [0.3, 0.4) is 0 Å². The fourth-order valence-electron chi connectivity index (χ4n) is 2.48. The maximum absolute atomic E-state index is 6.02. The number of thioether (sulfide) groups is 1. The second-order valence-electron chi connectivity index (χ2n) is 5.13. The van der Waals surface area contributed by atoms with Gasteiger partial charge >= 0.3 is 0 Å². The molecular weight excluding hydrogens is 246 g/mol. The van der Waals surface area contributed by atoms with Gasteiger partial charge in [0.2, 0.25) is 5.95 Å². The average Bonchev–Trinajstić information content (AvgIpc) is 3.22. The Bertz CT molecular complexity index is 424. The summed E-state index contributed by atoms with van der Waals surface area (Å²) in [6, 6.07) is 1.95. The molecule has 18 heavy (non-hydrogen) atoms. The molecule has 98 valence electrons. The van der Waals surface area contributed by atoms with Gasteiger partial charge in [0.25, 0.3) is 0 Å². The van der Waals surface area contributed by atoms with Crippen molar-refractivity contribution in [2.24, 2.45) is 5.92 Å². The van der Waals surface area contributed by atoms with Crippen LogP contribution in [-0.4, -0.2) is 41.5 Å². The smallest absolute Gasteiger partial charge is 0.226 e. The SMILES string of the molecule is CSc1ccnc(N2C[C@H](C)O[C@@H](C3CC3)C2)n1. The Morgan fingerprint density at radius 1 is 1.39 bits per heavy atom. The summed E-state index contributed by atoms with van der Waals surface area (Å²) < 4.78 is 6.02. The molecule has 2 heterocycles. The van der Waals surface area contributed by atoms with Gasteiger partial charge in [0.15, 0.2) is 0 Å². The van der Waals surface area contributed by atoms with Crippen LogP contribution in [0.2, 0.25) is 0 Å². The zero-order chi connectivity index (χ0) is 12.5. The second-order valence-corrected chi connectivity index (χ2v) is 5.95. The predicted octanol–water partition coefficient (Wildman–Crippen LogP) is 2.20. The molecule has 1 aromatic heterocycles. The average molecular weight is 265 g/mol. The van der Waals surface area contributed by atoms with E-state index >= 15 is 0 Å². The standard InChI is InChI=1S/C13H19N3OS/c1-9-7-16(8-11(17-9)10-3-4-10)13-14-6-5-12(15-13)18-2/h5-6,9-11H,3-4,7-8H2,1-2H3/t9-,11+/m0/s1. The highest BCUT2D eigenvalue weighted by Gasteiger charge is 2.37. The normalized spacial score (nSPS) is 28.4. The number of anilines is 1. The van der Waals surface area contributed by atoms with Crippen molar-refractivity contribution >= 4 is 17.7 Å². The molecular formula is C13H19N3OS. The lowest BCUT2D eigenvalue weighted by molar-refractivity contribution is -0.0276.